The molecule has 0 aromatic heterocycles. The fourth-order valence-electron chi connectivity index (χ4n) is 2.49. The van der Waals surface area contributed by atoms with Gasteiger partial charge in [-0.15, -0.1) is 0 Å². The molecule has 0 aliphatic rings. The van der Waals surface area contributed by atoms with Gasteiger partial charge in [0.2, 0.25) is 0 Å². The van der Waals surface area contributed by atoms with Gasteiger partial charge in [0.05, 0.1) is 7.11 Å². The Morgan fingerprint density at radius 2 is 1.79 bits per heavy atom. The van der Waals surface area contributed by atoms with E-state index in [-0.39, 0.29) is 6.04 Å². The predicted octanol–water partition coefficient (Wildman–Crippen LogP) is 4.28. The van der Waals surface area contributed by atoms with Crippen molar-refractivity contribution in [2.45, 2.75) is 32.7 Å². The fraction of sp³-hybridized carbons (Fsp3) is 0.412. The summed E-state index contributed by atoms with van der Waals surface area (Å²) in [6.07, 6.45) is 2.12. The average molecular weight is 257 g/mol. The second-order valence-corrected chi connectivity index (χ2v) is 5.48. The summed E-state index contributed by atoms with van der Waals surface area (Å²) in [5.74, 6) is 1.57. The molecule has 0 radical (unpaired) electrons. The molecule has 2 rings (SSSR count). The monoisotopic (exact) mass is 257 g/mol. The van der Waals surface area contributed by atoms with Gasteiger partial charge in [0.25, 0.3) is 0 Å². The lowest BCUT2D eigenvalue weighted by Gasteiger charge is -2.19. The van der Waals surface area contributed by atoms with Crippen molar-refractivity contribution in [1.29, 1.82) is 0 Å². The van der Waals surface area contributed by atoms with Crippen LogP contribution in [0.25, 0.3) is 10.8 Å². The van der Waals surface area contributed by atoms with Crippen molar-refractivity contribution in [3.05, 3.63) is 42.0 Å². The van der Waals surface area contributed by atoms with Crippen LogP contribution in [-0.2, 0) is 0 Å². The number of ether oxygens (including phenoxy) is 1. The van der Waals surface area contributed by atoms with Crippen molar-refractivity contribution in [2.24, 2.45) is 11.7 Å². The molecule has 2 aromatic rings. The van der Waals surface area contributed by atoms with Crippen molar-refractivity contribution < 1.29 is 4.74 Å². The SMILES string of the molecule is COc1ccc2ccccc2c1[C@@H](N)CCC(C)C. The lowest BCUT2D eigenvalue weighted by molar-refractivity contribution is 0.402. The van der Waals surface area contributed by atoms with E-state index in [1.807, 2.05) is 6.07 Å². The zero-order chi connectivity index (χ0) is 13.8. The van der Waals surface area contributed by atoms with Crippen LogP contribution in [0.1, 0.15) is 38.3 Å². The maximum absolute atomic E-state index is 6.41. The molecular weight excluding hydrogens is 234 g/mol. The highest BCUT2D eigenvalue weighted by atomic mass is 16.5. The lowest BCUT2D eigenvalue weighted by atomic mass is 9.93. The summed E-state index contributed by atoms with van der Waals surface area (Å²) in [6, 6.07) is 12.5. The van der Waals surface area contributed by atoms with Crippen LogP contribution in [0.3, 0.4) is 0 Å². The number of nitrogens with two attached hydrogens (primary N) is 1. The summed E-state index contributed by atoms with van der Waals surface area (Å²) >= 11 is 0. The minimum atomic E-state index is 0.0310. The molecule has 2 heteroatoms. The van der Waals surface area contributed by atoms with Crippen molar-refractivity contribution in [3.63, 3.8) is 0 Å². The normalized spacial score (nSPS) is 12.9. The van der Waals surface area contributed by atoms with E-state index in [0.29, 0.717) is 5.92 Å². The standard InChI is InChI=1S/C17H23NO/c1-12(2)8-10-15(18)17-14-7-5-4-6-13(14)9-11-16(17)19-3/h4-7,9,11-12,15H,8,10,18H2,1-3H3/t15-/m0/s1. The quantitative estimate of drug-likeness (QED) is 0.867. The van der Waals surface area contributed by atoms with E-state index < -0.39 is 0 Å². The van der Waals surface area contributed by atoms with E-state index in [2.05, 4.69) is 44.2 Å². The first-order valence-electron chi connectivity index (χ1n) is 6.94. The molecule has 0 saturated heterocycles. The lowest BCUT2D eigenvalue weighted by Crippen LogP contribution is -2.13. The van der Waals surface area contributed by atoms with Gasteiger partial charge < -0.3 is 10.5 Å². The van der Waals surface area contributed by atoms with Gasteiger partial charge in [-0.1, -0.05) is 44.2 Å². The van der Waals surface area contributed by atoms with Crippen LogP contribution < -0.4 is 10.5 Å². The van der Waals surface area contributed by atoms with E-state index >= 15 is 0 Å². The Hall–Kier alpha value is -1.54. The molecule has 0 heterocycles. The minimum Gasteiger partial charge on any atom is -0.496 e. The molecule has 1 atom stereocenters. The number of fused-ring (bicyclic) bond motifs is 1. The van der Waals surface area contributed by atoms with Gasteiger partial charge >= 0.3 is 0 Å². The largest absolute Gasteiger partial charge is 0.496 e. The zero-order valence-corrected chi connectivity index (χ0v) is 12.0. The van der Waals surface area contributed by atoms with Crippen molar-refractivity contribution in [3.8, 4) is 5.75 Å². The Morgan fingerprint density at radius 1 is 1.05 bits per heavy atom. The topological polar surface area (TPSA) is 35.2 Å². The molecule has 0 saturated carbocycles. The molecule has 102 valence electrons. The van der Waals surface area contributed by atoms with Gasteiger partial charge in [0.1, 0.15) is 5.75 Å². The fourth-order valence-corrected chi connectivity index (χ4v) is 2.49. The summed E-state index contributed by atoms with van der Waals surface area (Å²) in [7, 11) is 1.71. The molecule has 2 nitrogen and oxygen atoms in total. The van der Waals surface area contributed by atoms with E-state index in [9.17, 15) is 0 Å². The summed E-state index contributed by atoms with van der Waals surface area (Å²) in [5.41, 5.74) is 7.55. The minimum absolute atomic E-state index is 0.0310. The number of hydrogen-bond acceptors (Lipinski definition) is 2. The molecule has 0 fully saturated rings. The maximum Gasteiger partial charge on any atom is 0.124 e. The van der Waals surface area contributed by atoms with Crippen LogP contribution >= 0.6 is 0 Å². The molecule has 0 aliphatic heterocycles. The third kappa shape index (κ3) is 3.07. The van der Waals surface area contributed by atoms with Crippen molar-refractivity contribution >= 4 is 10.8 Å². The highest BCUT2D eigenvalue weighted by Gasteiger charge is 2.15. The second-order valence-electron chi connectivity index (χ2n) is 5.48. The highest BCUT2D eigenvalue weighted by Crippen LogP contribution is 2.34. The Morgan fingerprint density at radius 3 is 2.47 bits per heavy atom. The van der Waals surface area contributed by atoms with Gasteiger partial charge in [0.15, 0.2) is 0 Å². The summed E-state index contributed by atoms with van der Waals surface area (Å²) in [4.78, 5) is 0. The first kappa shape index (κ1) is 13.9. The number of hydrogen-bond donors (Lipinski definition) is 1. The third-order valence-corrected chi connectivity index (χ3v) is 3.58. The first-order valence-corrected chi connectivity index (χ1v) is 6.94. The molecule has 0 aliphatic carbocycles. The van der Waals surface area contributed by atoms with Gasteiger partial charge in [0, 0.05) is 11.6 Å². The van der Waals surface area contributed by atoms with Crippen LogP contribution in [0.15, 0.2) is 36.4 Å². The molecule has 0 spiro atoms. The Kier molecular flexibility index (Phi) is 4.43. The maximum atomic E-state index is 6.41. The van der Waals surface area contributed by atoms with Gasteiger partial charge in [-0.3, -0.25) is 0 Å². The summed E-state index contributed by atoms with van der Waals surface area (Å²) in [5, 5.41) is 2.43. The van der Waals surface area contributed by atoms with E-state index in [1.54, 1.807) is 7.11 Å². The van der Waals surface area contributed by atoms with Crippen molar-refractivity contribution in [1.82, 2.24) is 0 Å². The van der Waals surface area contributed by atoms with E-state index in [0.717, 1.165) is 24.2 Å². The summed E-state index contributed by atoms with van der Waals surface area (Å²) < 4.78 is 5.50. The molecule has 19 heavy (non-hydrogen) atoms. The zero-order valence-electron chi connectivity index (χ0n) is 12.0. The molecule has 2 aromatic carbocycles. The molecule has 0 bridgehead atoms. The van der Waals surface area contributed by atoms with Crippen LogP contribution in [0.4, 0.5) is 0 Å². The second kappa shape index (κ2) is 6.07. The van der Waals surface area contributed by atoms with E-state index in [4.69, 9.17) is 10.5 Å². The van der Waals surface area contributed by atoms with Crippen LogP contribution in [0.2, 0.25) is 0 Å². The number of methoxy groups -OCH3 is 1. The molecular formula is C17H23NO. The number of benzene rings is 2. The predicted molar refractivity (Wildman–Crippen MR) is 81.5 cm³/mol. The van der Waals surface area contributed by atoms with Crippen LogP contribution in [0, 0.1) is 5.92 Å². The molecule has 0 unspecified atom stereocenters. The van der Waals surface area contributed by atoms with Gasteiger partial charge in [-0.05, 0) is 35.6 Å². The van der Waals surface area contributed by atoms with Gasteiger partial charge in [-0.25, -0.2) is 0 Å². The Balaban J connectivity index is 2.43. The smallest absolute Gasteiger partial charge is 0.124 e. The summed E-state index contributed by atoms with van der Waals surface area (Å²) in [6.45, 7) is 4.46. The Bertz CT molecular complexity index is 548. The van der Waals surface area contributed by atoms with Crippen LogP contribution in [0.5, 0.6) is 5.75 Å². The first-order chi connectivity index (χ1) is 9.13. The number of rotatable bonds is 5. The van der Waals surface area contributed by atoms with Crippen molar-refractivity contribution in [2.75, 3.05) is 7.11 Å². The third-order valence-electron chi connectivity index (χ3n) is 3.58. The van der Waals surface area contributed by atoms with E-state index in [1.165, 1.54) is 10.8 Å². The molecule has 2 N–H and O–H groups in total. The average Bonchev–Trinajstić information content (AvgIpc) is 2.43. The van der Waals surface area contributed by atoms with Crippen LogP contribution in [-0.4, -0.2) is 7.11 Å². The Labute approximate surface area is 115 Å². The molecule has 0 amide bonds. The van der Waals surface area contributed by atoms with Gasteiger partial charge in [-0.2, -0.15) is 0 Å². The highest BCUT2D eigenvalue weighted by molar-refractivity contribution is 5.88.